The highest BCUT2D eigenvalue weighted by atomic mass is 16.7. The first-order valence-corrected chi connectivity index (χ1v) is 10.4. The number of benzene rings is 2. The molecule has 2 aromatic rings. The van der Waals surface area contributed by atoms with Crippen LogP contribution >= 0.6 is 0 Å². The van der Waals surface area contributed by atoms with Gasteiger partial charge in [0.05, 0.1) is 45.5 Å². The van der Waals surface area contributed by atoms with E-state index >= 15 is 0 Å². The Bertz CT molecular complexity index is 1280. The van der Waals surface area contributed by atoms with Gasteiger partial charge in [-0.1, -0.05) is 30.3 Å². The van der Waals surface area contributed by atoms with Crippen LogP contribution in [0.25, 0.3) is 0 Å². The van der Waals surface area contributed by atoms with Gasteiger partial charge in [0.1, 0.15) is 11.9 Å². The van der Waals surface area contributed by atoms with Crippen molar-refractivity contribution in [2.24, 2.45) is 10.8 Å². The lowest BCUT2D eigenvalue weighted by atomic mass is 9.52. The molecule has 2 aromatic carbocycles. The number of nitrogens with zero attached hydrogens (tertiary/aromatic N) is 3. The average molecular weight is 458 g/mol. The van der Waals surface area contributed by atoms with Crippen LogP contribution in [-0.4, -0.2) is 33.0 Å². The topological polar surface area (TPSA) is 141 Å². The van der Waals surface area contributed by atoms with Crippen molar-refractivity contribution in [3.8, 4) is 35.5 Å². The van der Waals surface area contributed by atoms with E-state index in [4.69, 9.17) is 29.1 Å². The summed E-state index contributed by atoms with van der Waals surface area (Å²) in [4.78, 5) is 0. The molecule has 9 heteroatoms. The lowest BCUT2D eigenvalue weighted by Gasteiger charge is -2.49. The van der Waals surface area contributed by atoms with E-state index in [-0.39, 0.29) is 5.75 Å². The zero-order chi connectivity index (χ0) is 24.7. The maximum absolute atomic E-state index is 10.6. The van der Waals surface area contributed by atoms with Crippen LogP contribution in [0.5, 0.6) is 17.2 Å². The Hall–Kier alpha value is -4.26. The van der Waals surface area contributed by atoms with Crippen LogP contribution in [0.2, 0.25) is 0 Å². The van der Waals surface area contributed by atoms with Crippen molar-refractivity contribution >= 4 is 5.90 Å². The number of ether oxygens (including phenoxy) is 5. The van der Waals surface area contributed by atoms with Gasteiger partial charge in [0.2, 0.25) is 17.1 Å². The second-order valence-electron chi connectivity index (χ2n) is 8.15. The number of fused-ring (bicyclic) bond motifs is 2. The second-order valence-corrected chi connectivity index (χ2v) is 8.15. The van der Waals surface area contributed by atoms with E-state index in [1.54, 1.807) is 49.4 Å². The van der Waals surface area contributed by atoms with Gasteiger partial charge in [0.15, 0.2) is 16.9 Å². The fraction of sp³-hybridized carbons (Fsp3) is 0.360. The maximum atomic E-state index is 10.6. The zero-order valence-electron chi connectivity index (χ0n) is 19.1. The number of methoxy groups -OCH3 is 3. The fourth-order valence-corrected chi connectivity index (χ4v) is 5.25. The molecule has 1 N–H and O–H groups in total. The Balaban J connectivity index is 2.08. The number of nitriles is 3. The minimum absolute atomic E-state index is 0.253. The van der Waals surface area contributed by atoms with Crippen LogP contribution in [-0.2, 0) is 9.47 Å². The van der Waals surface area contributed by atoms with Gasteiger partial charge in [-0.3, -0.25) is 5.41 Å². The molecular weight excluding hydrogens is 436 g/mol. The fourth-order valence-electron chi connectivity index (χ4n) is 5.25. The van der Waals surface area contributed by atoms with E-state index in [0.717, 1.165) is 0 Å². The van der Waals surface area contributed by atoms with Crippen molar-refractivity contribution in [2.75, 3.05) is 21.3 Å². The van der Waals surface area contributed by atoms with Gasteiger partial charge < -0.3 is 23.7 Å². The largest absolute Gasteiger partial charge is 0.496 e. The van der Waals surface area contributed by atoms with Crippen LogP contribution in [0.4, 0.5) is 0 Å². The van der Waals surface area contributed by atoms with Crippen LogP contribution < -0.4 is 14.2 Å². The molecule has 0 aromatic heterocycles. The summed E-state index contributed by atoms with van der Waals surface area (Å²) in [6.45, 7) is 1.59. The third kappa shape index (κ3) is 2.64. The van der Waals surface area contributed by atoms with Crippen molar-refractivity contribution in [1.29, 1.82) is 21.2 Å². The van der Waals surface area contributed by atoms with E-state index in [9.17, 15) is 15.8 Å². The lowest BCUT2D eigenvalue weighted by molar-refractivity contribution is -0.254. The van der Waals surface area contributed by atoms with E-state index in [2.05, 4.69) is 6.07 Å². The van der Waals surface area contributed by atoms with Crippen molar-refractivity contribution < 1.29 is 23.7 Å². The summed E-state index contributed by atoms with van der Waals surface area (Å²) in [7, 11) is 4.37. The molecule has 34 heavy (non-hydrogen) atoms. The van der Waals surface area contributed by atoms with E-state index in [0.29, 0.717) is 22.6 Å². The SMILES string of the molecule is COc1ccccc1C1C2(C)OC(=N)C1(C#N)C(C#N)(C#N)C(c1cccc(OC)c1OC)O2. The highest BCUT2D eigenvalue weighted by Crippen LogP contribution is 2.70. The molecule has 4 unspecified atom stereocenters. The Labute approximate surface area is 197 Å². The molecule has 9 nitrogen and oxygen atoms in total. The Morgan fingerprint density at radius 1 is 0.853 bits per heavy atom. The number of hydrogen-bond acceptors (Lipinski definition) is 9. The summed E-state index contributed by atoms with van der Waals surface area (Å²) in [6, 6.07) is 18.1. The van der Waals surface area contributed by atoms with Crippen molar-refractivity contribution in [3.63, 3.8) is 0 Å². The molecule has 2 heterocycles. The monoisotopic (exact) mass is 458 g/mol. The molecule has 4 rings (SSSR count). The highest BCUT2D eigenvalue weighted by Gasteiger charge is 2.80. The minimum Gasteiger partial charge on any atom is -0.496 e. The zero-order valence-corrected chi connectivity index (χ0v) is 19.1. The van der Waals surface area contributed by atoms with Gasteiger partial charge in [-0.2, -0.15) is 15.8 Å². The van der Waals surface area contributed by atoms with Gasteiger partial charge >= 0.3 is 0 Å². The third-order valence-corrected chi connectivity index (χ3v) is 6.68. The Morgan fingerprint density at radius 3 is 2.06 bits per heavy atom. The quantitative estimate of drug-likeness (QED) is 0.712. The van der Waals surface area contributed by atoms with Gasteiger partial charge in [-0.05, 0) is 12.1 Å². The van der Waals surface area contributed by atoms with Crippen LogP contribution in [0.1, 0.15) is 30.1 Å². The van der Waals surface area contributed by atoms with Gasteiger partial charge in [0.25, 0.3) is 0 Å². The molecule has 2 aliphatic heterocycles. The first-order valence-electron chi connectivity index (χ1n) is 10.4. The minimum atomic E-state index is -2.18. The summed E-state index contributed by atoms with van der Waals surface area (Å²) < 4.78 is 28.7. The van der Waals surface area contributed by atoms with Gasteiger partial charge in [-0.25, -0.2) is 0 Å². The summed E-state index contributed by atoms with van der Waals surface area (Å²) in [5, 5.41) is 40.4. The van der Waals surface area contributed by atoms with E-state index in [1.165, 1.54) is 21.3 Å². The number of hydrogen-bond donors (Lipinski definition) is 1. The van der Waals surface area contributed by atoms with Crippen molar-refractivity contribution in [2.45, 2.75) is 24.7 Å². The predicted octanol–water partition coefficient (Wildman–Crippen LogP) is 3.83. The number of rotatable bonds is 5. The standard InChI is InChI=1S/C25H22N4O5/c1-23-20(15-8-5-6-10-17(15)30-2)25(14-28,22(29)34-23)24(12-26,13-27)21(33-23)16-9-7-11-18(31-3)19(16)32-4/h5-11,20-21,29H,1-4H3. The molecule has 0 radical (unpaired) electrons. The van der Waals surface area contributed by atoms with Crippen LogP contribution in [0.15, 0.2) is 42.5 Å². The maximum Gasteiger partial charge on any atom is 0.219 e. The summed E-state index contributed by atoms with van der Waals surface area (Å²) in [5.41, 5.74) is -3.38. The molecule has 0 amide bonds. The van der Waals surface area contributed by atoms with E-state index < -0.39 is 34.5 Å². The first-order chi connectivity index (χ1) is 16.3. The molecule has 2 saturated heterocycles. The Morgan fingerprint density at radius 2 is 1.47 bits per heavy atom. The average Bonchev–Trinajstić information content (AvgIpc) is 3.05. The first kappa shape index (κ1) is 22.9. The summed E-state index contributed by atoms with van der Waals surface area (Å²) in [6.07, 6.45) is -1.30. The number of nitrogens with one attached hydrogen (secondary N) is 1. The normalized spacial score (nSPS) is 28.6. The number of para-hydroxylation sites is 2. The molecule has 0 spiro atoms. The predicted molar refractivity (Wildman–Crippen MR) is 118 cm³/mol. The third-order valence-electron chi connectivity index (χ3n) is 6.68. The molecule has 0 saturated carbocycles. The molecular formula is C25H22N4O5. The van der Waals surface area contributed by atoms with Gasteiger partial charge in [0, 0.05) is 18.1 Å². The van der Waals surface area contributed by atoms with Crippen molar-refractivity contribution in [3.05, 3.63) is 53.6 Å². The van der Waals surface area contributed by atoms with Crippen LogP contribution in [0, 0.1) is 50.2 Å². The lowest BCUT2D eigenvalue weighted by Crippen LogP contribution is -2.57. The molecule has 2 fully saturated rings. The molecule has 172 valence electrons. The summed E-state index contributed by atoms with van der Waals surface area (Å²) >= 11 is 0. The van der Waals surface area contributed by atoms with Crippen LogP contribution in [0.3, 0.4) is 0 Å². The smallest absolute Gasteiger partial charge is 0.219 e. The second kappa shape index (κ2) is 7.95. The Kier molecular flexibility index (Phi) is 5.36. The molecule has 2 bridgehead atoms. The van der Waals surface area contributed by atoms with E-state index in [1.807, 2.05) is 12.1 Å². The molecule has 2 aliphatic rings. The van der Waals surface area contributed by atoms with Gasteiger partial charge in [-0.15, -0.1) is 0 Å². The van der Waals surface area contributed by atoms with Crippen molar-refractivity contribution in [1.82, 2.24) is 0 Å². The summed E-state index contributed by atoms with van der Waals surface area (Å²) in [5.74, 6) is -2.07. The molecule has 0 aliphatic carbocycles. The molecule has 4 atom stereocenters. The highest BCUT2D eigenvalue weighted by molar-refractivity contribution is 5.91.